The summed E-state index contributed by atoms with van der Waals surface area (Å²) in [4.78, 5) is 4.53. The van der Waals surface area contributed by atoms with Crippen molar-refractivity contribution in [3.8, 4) is 11.5 Å². The average molecular weight is 322 g/mol. The van der Waals surface area contributed by atoms with E-state index in [4.69, 9.17) is 14.9 Å². The Balaban J connectivity index is 1.46. The summed E-state index contributed by atoms with van der Waals surface area (Å²) >= 11 is 0. The van der Waals surface area contributed by atoms with Crippen molar-refractivity contribution in [1.29, 1.82) is 0 Å². The molecule has 0 bridgehead atoms. The second-order valence-electron chi connectivity index (χ2n) is 6.60. The molecule has 0 saturated heterocycles. The smallest absolute Gasteiger partial charge is 0.227 e. The van der Waals surface area contributed by atoms with Crippen molar-refractivity contribution in [2.45, 2.75) is 44.4 Å². The first-order valence-electron chi connectivity index (χ1n) is 8.60. The molecule has 1 aliphatic carbocycles. The highest BCUT2D eigenvalue weighted by Gasteiger charge is 2.27. The van der Waals surface area contributed by atoms with Crippen molar-refractivity contribution in [3.63, 3.8) is 0 Å². The lowest BCUT2D eigenvalue weighted by Crippen LogP contribution is -2.44. The van der Waals surface area contributed by atoms with E-state index in [1.54, 1.807) is 0 Å². The van der Waals surface area contributed by atoms with Crippen LogP contribution in [0.2, 0.25) is 0 Å². The molecule has 1 aromatic heterocycles. The van der Waals surface area contributed by atoms with Gasteiger partial charge in [0.2, 0.25) is 5.89 Å². The van der Waals surface area contributed by atoms with Crippen LogP contribution in [-0.2, 0) is 11.3 Å². The largest absolute Gasteiger partial charge is 0.436 e. The van der Waals surface area contributed by atoms with E-state index < -0.39 is 5.72 Å². The predicted molar refractivity (Wildman–Crippen MR) is 94.2 cm³/mol. The minimum atomic E-state index is -0.447. The summed E-state index contributed by atoms with van der Waals surface area (Å²) in [5.74, 6) is 0.645. The maximum Gasteiger partial charge on any atom is 0.227 e. The van der Waals surface area contributed by atoms with Gasteiger partial charge in [-0.1, -0.05) is 30.7 Å². The summed E-state index contributed by atoms with van der Waals surface area (Å²) in [6.45, 7) is 0.546. The lowest BCUT2D eigenvalue weighted by atomic mass is 9.92. The van der Waals surface area contributed by atoms with Crippen LogP contribution in [0.15, 0.2) is 52.9 Å². The van der Waals surface area contributed by atoms with Gasteiger partial charge in [-0.3, -0.25) is 0 Å². The van der Waals surface area contributed by atoms with Crippen LogP contribution in [0.4, 0.5) is 0 Å². The quantitative estimate of drug-likeness (QED) is 0.711. The van der Waals surface area contributed by atoms with E-state index in [1.807, 2.05) is 36.4 Å². The SMILES string of the molecule is NC1(OCc2ccc(-c3nc4ccccc4o3)cc2)CCCCC1. The summed E-state index contributed by atoms with van der Waals surface area (Å²) < 4.78 is 11.8. The Bertz CT molecular complexity index is 784. The van der Waals surface area contributed by atoms with Crippen LogP contribution in [0.3, 0.4) is 0 Å². The Morgan fingerprint density at radius 2 is 1.75 bits per heavy atom. The molecular formula is C20H22N2O2. The first-order valence-corrected chi connectivity index (χ1v) is 8.60. The molecule has 0 radical (unpaired) electrons. The number of oxazole rings is 1. The highest BCUT2D eigenvalue weighted by molar-refractivity contribution is 5.75. The van der Waals surface area contributed by atoms with E-state index in [-0.39, 0.29) is 0 Å². The number of ether oxygens (including phenoxy) is 1. The molecule has 24 heavy (non-hydrogen) atoms. The van der Waals surface area contributed by atoms with Gasteiger partial charge in [0.25, 0.3) is 0 Å². The zero-order valence-electron chi connectivity index (χ0n) is 13.7. The van der Waals surface area contributed by atoms with Crippen LogP contribution < -0.4 is 5.73 Å². The Morgan fingerprint density at radius 1 is 1.00 bits per heavy atom. The van der Waals surface area contributed by atoms with Crippen molar-refractivity contribution in [1.82, 2.24) is 4.98 Å². The molecule has 2 N–H and O–H groups in total. The van der Waals surface area contributed by atoms with Gasteiger partial charge in [-0.15, -0.1) is 0 Å². The number of hydrogen-bond donors (Lipinski definition) is 1. The van der Waals surface area contributed by atoms with Crippen molar-refractivity contribution < 1.29 is 9.15 Å². The maximum absolute atomic E-state index is 6.32. The summed E-state index contributed by atoms with van der Waals surface area (Å²) in [6, 6.07) is 15.9. The molecule has 3 aromatic rings. The van der Waals surface area contributed by atoms with E-state index in [1.165, 1.54) is 6.42 Å². The van der Waals surface area contributed by atoms with Crippen molar-refractivity contribution >= 4 is 11.1 Å². The van der Waals surface area contributed by atoms with E-state index >= 15 is 0 Å². The number of rotatable bonds is 4. The zero-order valence-corrected chi connectivity index (χ0v) is 13.7. The first kappa shape index (κ1) is 15.4. The normalized spacial score (nSPS) is 17.2. The molecule has 0 aliphatic heterocycles. The molecule has 0 amide bonds. The van der Waals surface area contributed by atoms with Crippen LogP contribution >= 0.6 is 0 Å². The zero-order chi connectivity index (χ0) is 16.4. The molecule has 0 unspecified atom stereocenters. The van der Waals surface area contributed by atoms with Gasteiger partial charge in [0, 0.05) is 5.56 Å². The summed E-state index contributed by atoms with van der Waals surface area (Å²) in [5.41, 5.74) is 9.64. The maximum atomic E-state index is 6.32. The molecule has 1 heterocycles. The number of fused-ring (bicyclic) bond motifs is 1. The van der Waals surface area contributed by atoms with Gasteiger partial charge in [0.05, 0.1) is 6.61 Å². The summed E-state index contributed by atoms with van der Waals surface area (Å²) in [7, 11) is 0. The predicted octanol–water partition coefficient (Wildman–Crippen LogP) is 4.63. The summed E-state index contributed by atoms with van der Waals surface area (Å²) in [6.07, 6.45) is 5.49. The van der Waals surface area contributed by atoms with Gasteiger partial charge < -0.3 is 14.9 Å². The van der Waals surface area contributed by atoms with Crippen molar-refractivity contribution in [3.05, 3.63) is 54.1 Å². The molecule has 124 valence electrons. The molecular weight excluding hydrogens is 300 g/mol. The van der Waals surface area contributed by atoms with Crippen molar-refractivity contribution in [2.75, 3.05) is 0 Å². The molecule has 1 fully saturated rings. The Kier molecular flexibility index (Phi) is 4.08. The molecule has 0 atom stereocenters. The van der Waals surface area contributed by atoms with Gasteiger partial charge in [0.1, 0.15) is 11.2 Å². The van der Waals surface area contributed by atoms with Crippen LogP contribution in [0, 0.1) is 0 Å². The number of aromatic nitrogens is 1. The van der Waals surface area contributed by atoms with E-state index in [2.05, 4.69) is 17.1 Å². The molecule has 1 saturated carbocycles. The van der Waals surface area contributed by atoms with Crippen molar-refractivity contribution in [2.24, 2.45) is 5.73 Å². The van der Waals surface area contributed by atoms with Crippen LogP contribution in [0.5, 0.6) is 0 Å². The number of para-hydroxylation sites is 2. The molecule has 1 aliphatic rings. The van der Waals surface area contributed by atoms with E-state index in [9.17, 15) is 0 Å². The van der Waals surface area contributed by atoms with Gasteiger partial charge in [-0.2, -0.15) is 0 Å². The minimum absolute atomic E-state index is 0.447. The highest BCUT2D eigenvalue weighted by atomic mass is 16.5. The fourth-order valence-corrected chi connectivity index (χ4v) is 3.26. The number of nitrogens with two attached hydrogens (primary N) is 1. The lowest BCUT2D eigenvalue weighted by molar-refractivity contribution is -0.0759. The van der Waals surface area contributed by atoms with Crippen LogP contribution in [0.25, 0.3) is 22.6 Å². The summed E-state index contributed by atoms with van der Waals surface area (Å²) in [5, 5.41) is 0. The standard InChI is InChI=1S/C20H22N2O2/c21-20(12-4-1-5-13-20)23-14-15-8-10-16(11-9-15)19-22-17-6-2-3-7-18(17)24-19/h2-3,6-11H,1,4-5,12-14,21H2. The Morgan fingerprint density at radius 3 is 2.50 bits per heavy atom. The first-order chi connectivity index (χ1) is 11.7. The van der Waals surface area contributed by atoms with E-state index in [0.717, 1.165) is 47.9 Å². The fourth-order valence-electron chi connectivity index (χ4n) is 3.26. The van der Waals surface area contributed by atoms with E-state index in [0.29, 0.717) is 12.5 Å². The number of benzene rings is 2. The van der Waals surface area contributed by atoms with Crippen LogP contribution in [-0.4, -0.2) is 10.7 Å². The van der Waals surface area contributed by atoms with Gasteiger partial charge >= 0.3 is 0 Å². The van der Waals surface area contributed by atoms with Crippen LogP contribution in [0.1, 0.15) is 37.7 Å². The Hall–Kier alpha value is -2.17. The topological polar surface area (TPSA) is 61.3 Å². The van der Waals surface area contributed by atoms with Gasteiger partial charge in [-0.25, -0.2) is 4.98 Å². The highest BCUT2D eigenvalue weighted by Crippen LogP contribution is 2.28. The fraction of sp³-hybridized carbons (Fsp3) is 0.350. The van der Waals surface area contributed by atoms with Gasteiger partial charge in [-0.05, 0) is 55.5 Å². The average Bonchev–Trinajstić information content (AvgIpc) is 3.05. The third-order valence-electron chi connectivity index (χ3n) is 4.72. The second kappa shape index (κ2) is 6.38. The molecule has 4 rings (SSSR count). The molecule has 2 aromatic carbocycles. The Labute approximate surface area is 141 Å². The number of hydrogen-bond acceptors (Lipinski definition) is 4. The molecule has 4 heteroatoms. The lowest BCUT2D eigenvalue weighted by Gasteiger charge is -2.33. The van der Waals surface area contributed by atoms with Gasteiger partial charge in [0.15, 0.2) is 5.58 Å². The minimum Gasteiger partial charge on any atom is -0.436 e. The molecule has 4 nitrogen and oxygen atoms in total. The third kappa shape index (κ3) is 3.21. The molecule has 0 spiro atoms. The third-order valence-corrected chi connectivity index (χ3v) is 4.72. The second-order valence-corrected chi connectivity index (χ2v) is 6.60. The monoisotopic (exact) mass is 322 g/mol. The number of nitrogens with zero attached hydrogens (tertiary/aromatic N) is 1.